The molecule has 1 heterocycles. The highest BCUT2D eigenvalue weighted by Crippen LogP contribution is 2.50. The van der Waals surface area contributed by atoms with Crippen molar-refractivity contribution in [1.29, 1.82) is 0 Å². The van der Waals surface area contributed by atoms with E-state index in [4.69, 9.17) is 0 Å². The minimum atomic E-state index is -3.65. The third-order valence-electron chi connectivity index (χ3n) is 6.59. The van der Waals surface area contributed by atoms with Gasteiger partial charge in [-0.15, -0.1) is 11.8 Å². The first-order valence-corrected chi connectivity index (χ1v) is 13.4. The lowest BCUT2D eigenvalue weighted by Gasteiger charge is -2.38. The van der Waals surface area contributed by atoms with Crippen LogP contribution in [0.3, 0.4) is 0 Å². The first-order chi connectivity index (χ1) is 15.5. The van der Waals surface area contributed by atoms with Crippen LogP contribution in [0.5, 0.6) is 0 Å². The summed E-state index contributed by atoms with van der Waals surface area (Å²) in [5.74, 6) is 0.570. The average Bonchev–Trinajstić information content (AvgIpc) is 3.34. The van der Waals surface area contributed by atoms with Gasteiger partial charge in [0.25, 0.3) is 10.0 Å². The molecular formula is C26H26N2O2S2. The summed E-state index contributed by atoms with van der Waals surface area (Å²) in [7, 11) is -2.04. The molecule has 0 fully saturated rings. The number of hydrogen-bond donors (Lipinski definition) is 1. The number of sulfonamides is 1. The maximum Gasteiger partial charge on any atom is 0.264 e. The van der Waals surface area contributed by atoms with Crippen LogP contribution in [0.25, 0.3) is 0 Å². The predicted molar refractivity (Wildman–Crippen MR) is 133 cm³/mol. The van der Waals surface area contributed by atoms with E-state index in [-0.39, 0.29) is 12.0 Å². The number of fused-ring (bicyclic) bond motifs is 3. The van der Waals surface area contributed by atoms with Crippen molar-refractivity contribution in [2.45, 2.75) is 28.2 Å². The van der Waals surface area contributed by atoms with Crippen molar-refractivity contribution in [3.63, 3.8) is 0 Å². The summed E-state index contributed by atoms with van der Waals surface area (Å²) >= 11 is 1.74. The summed E-state index contributed by atoms with van der Waals surface area (Å²) in [4.78, 5) is 1.58. The highest BCUT2D eigenvalue weighted by atomic mass is 32.2. The fourth-order valence-corrected chi connectivity index (χ4v) is 6.45. The number of nitrogens with one attached hydrogen (secondary N) is 1. The van der Waals surface area contributed by atoms with Crippen LogP contribution in [-0.2, 0) is 10.0 Å². The van der Waals surface area contributed by atoms with E-state index in [2.05, 4.69) is 48.0 Å². The molecule has 0 aromatic heterocycles. The Morgan fingerprint density at radius 1 is 1.00 bits per heavy atom. The van der Waals surface area contributed by atoms with Gasteiger partial charge in [-0.1, -0.05) is 42.5 Å². The molecule has 1 aliphatic heterocycles. The molecule has 1 N–H and O–H groups in total. The highest BCUT2D eigenvalue weighted by molar-refractivity contribution is 7.98. The van der Waals surface area contributed by atoms with Crippen molar-refractivity contribution in [1.82, 2.24) is 0 Å². The summed E-state index contributed by atoms with van der Waals surface area (Å²) in [6.07, 6.45) is 7.53. The Hall–Kier alpha value is -2.70. The summed E-state index contributed by atoms with van der Waals surface area (Å²) in [5, 5.41) is 3.71. The highest BCUT2D eigenvalue weighted by Gasteiger charge is 2.38. The molecule has 2 aliphatic rings. The van der Waals surface area contributed by atoms with Crippen LogP contribution in [0.1, 0.15) is 29.5 Å². The Morgan fingerprint density at radius 2 is 1.75 bits per heavy atom. The topological polar surface area (TPSA) is 49.4 Å². The van der Waals surface area contributed by atoms with Gasteiger partial charge in [-0.05, 0) is 72.2 Å². The quantitative estimate of drug-likeness (QED) is 0.370. The first kappa shape index (κ1) is 21.2. The Morgan fingerprint density at radius 3 is 2.47 bits per heavy atom. The monoisotopic (exact) mass is 462 g/mol. The molecule has 1 aliphatic carbocycles. The number of thioether (sulfide) groups is 1. The maximum atomic E-state index is 13.3. The van der Waals surface area contributed by atoms with Gasteiger partial charge in [0.1, 0.15) is 0 Å². The molecule has 32 heavy (non-hydrogen) atoms. The van der Waals surface area contributed by atoms with Gasteiger partial charge in [0.2, 0.25) is 0 Å². The molecule has 4 nitrogen and oxygen atoms in total. The molecule has 0 amide bonds. The second-order valence-corrected chi connectivity index (χ2v) is 11.2. The average molecular weight is 463 g/mol. The van der Waals surface area contributed by atoms with E-state index in [0.29, 0.717) is 16.5 Å². The molecule has 0 bridgehead atoms. The van der Waals surface area contributed by atoms with Gasteiger partial charge >= 0.3 is 0 Å². The zero-order valence-electron chi connectivity index (χ0n) is 18.1. The molecule has 3 atom stereocenters. The van der Waals surface area contributed by atoms with E-state index in [9.17, 15) is 8.42 Å². The van der Waals surface area contributed by atoms with Crippen molar-refractivity contribution in [3.05, 3.63) is 96.1 Å². The SMILES string of the molecule is CSc1ccc(C2Nc3ccc(S(=O)(=O)N(C)c4ccccc4)cc3C3C=CCC32)cc1. The van der Waals surface area contributed by atoms with Crippen molar-refractivity contribution in [3.8, 4) is 0 Å². The fourth-order valence-electron chi connectivity index (χ4n) is 4.81. The first-order valence-electron chi connectivity index (χ1n) is 10.7. The van der Waals surface area contributed by atoms with Gasteiger partial charge in [-0.25, -0.2) is 8.42 Å². The number of hydrogen-bond acceptors (Lipinski definition) is 4. The predicted octanol–water partition coefficient (Wildman–Crippen LogP) is 6.06. The van der Waals surface area contributed by atoms with Crippen LogP contribution in [0.4, 0.5) is 11.4 Å². The van der Waals surface area contributed by atoms with Crippen molar-refractivity contribution in [2.75, 3.05) is 22.9 Å². The number of allylic oxidation sites excluding steroid dienone is 2. The van der Waals surface area contributed by atoms with Crippen LogP contribution in [0.15, 0.2) is 94.7 Å². The van der Waals surface area contributed by atoms with Gasteiger partial charge in [0.05, 0.1) is 16.6 Å². The van der Waals surface area contributed by atoms with Crippen molar-refractivity contribution in [2.24, 2.45) is 5.92 Å². The Balaban J connectivity index is 1.50. The maximum absolute atomic E-state index is 13.3. The van der Waals surface area contributed by atoms with Gasteiger partial charge < -0.3 is 5.32 Å². The molecule has 5 rings (SSSR count). The van der Waals surface area contributed by atoms with E-state index >= 15 is 0 Å². The third-order valence-corrected chi connectivity index (χ3v) is 9.11. The largest absolute Gasteiger partial charge is 0.378 e. The van der Waals surface area contributed by atoms with Crippen LogP contribution < -0.4 is 9.62 Å². The van der Waals surface area contributed by atoms with Gasteiger partial charge in [-0.3, -0.25) is 4.31 Å². The van der Waals surface area contributed by atoms with Gasteiger partial charge in [-0.2, -0.15) is 0 Å². The fraction of sp³-hybridized carbons (Fsp3) is 0.231. The molecule has 6 heteroatoms. The lowest BCUT2D eigenvalue weighted by atomic mass is 9.77. The summed E-state index contributed by atoms with van der Waals surface area (Å²) < 4.78 is 28.0. The molecule has 3 aromatic carbocycles. The Labute approximate surface area is 194 Å². The number of para-hydroxylation sites is 1. The second kappa shape index (κ2) is 8.34. The van der Waals surface area contributed by atoms with E-state index < -0.39 is 10.0 Å². The molecular weight excluding hydrogens is 436 g/mol. The van der Waals surface area contributed by atoms with Crippen LogP contribution in [0.2, 0.25) is 0 Å². The molecule has 164 valence electrons. The van der Waals surface area contributed by atoms with Crippen LogP contribution >= 0.6 is 11.8 Å². The van der Waals surface area contributed by atoms with E-state index in [1.54, 1.807) is 37.0 Å². The lowest BCUT2D eigenvalue weighted by molar-refractivity contribution is 0.425. The Kier molecular flexibility index (Phi) is 5.51. The van der Waals surface area contributed by atoms with Gasteiger partial charge in [0.15, 0.2) is 0 Å². The number of nitrogens with zero attached hydrogens (tertiary/aromatic N) is 1. The summed E-state index contributed by atoms with van der Waals surface area (Å²) in [6, 6.07) is 23.6. The number of benzene rings is 3. The molecule has 0 saturated carbocycles. The molecule has 3 aromatic rings. The lowest BCUT2D eigenvalue weighted by Crippen LogP contribution is -2.30. The summed E-state index contributed by atoms with van der Waals surface area (Å²) in [6.45, 7) is 0. The standard InChI is InChI=1S/C26H26N2O2S2/c1-28(19-7-4-3-5-8-19)32(29,30)21-15-16-25-24(17-21)22-9-6-10-23(22)26(27-25)18-11-13-20(31-2)14-12-18/h3-9,11-17,22-23,26-27H,10H2,1-2H3. The van der Waals surface area contributed by atoms with E-state index in [0.717, 1.165) is 17.7 Å². The molecule has 0 saturated heterocycles. The van der Waals surface area contributed by atoms with Crippen LogP contribution in [-0.4, -0.2) is 21.7 Å². The van der Waals surface area contributed by atoms with Crippen molar-refractivity contribution >= 4 is 33.2 Å². The van der Waals surface area contributed by atoms with Crippen LogP contribution in [0, 0.1) is 5.92 Å². The molecule has 0 radical (unpaired) electrons. The summed E-state index contributed by atoms with van der Waals surface area (Å²) in [5.41, 5.74) is 3.99. The van der Waals surface area contributed by atoms with E-state index in [1.165, 1.54) is 14.8 Å². The third kappa shape index (κ3) is 3.61. The van der Waals surface area contributed by atoms with E-state index in [1.807, 2.05) is 30.3 Å². The zero-order chi connectivity index (χ0) is 22.3. The number of anilines is 2. The van der Waals surface area contributed by atoms with Crippen molar-refractivity contribution < 1.29 is 8.42 Å². The van der Waals surface area contributed by atoms with Gasteiger partial charge in [0, 0.05) is 23.5 Å². The smallest absolute Gasteiger partial charge is 0.264 e. The Bertz CT molecular complexity index is 1250. The second-order valence-electron chi connectivity index (χ2n) is 8.31. The molecule has 3 unspecified atom stereocenters. The normalized spacial score (nSPS) is 21.5. The number of rotatable bonds is 5. The minimum absolute atomic E-state index is 0.202. The molecule has 0 spiro atoms. The zero-order valence-corrected chi connectivity index (χ0v) is 19.7. The minimum Gasteiger partial charge on any atom is -0.378 e.